The summed E-state index contributed by atoms with van der Waals surface area (Å²) in [5.41, 5.74) is 2.63. The van der Waals surface area contributed by atoms with Gasteiger partial charge in [0, 0.05) is 18.6 Å². The van der Waals surface area contributed by atoms with Gasteiger partial charge in [-0.15, -0.1) is 0 Å². The molecule has 1 aromatic heterocycles. The van der Waals surface area contributed by atoms with E-state index in [4.69, 9.17) is 9.47 Å². The smallest absolute Gasteiger partial charge is 0.204 e. The lowest BCUT2D eigenvalue weighted by Gasteiger charge is -2.24. The van der Waals surface area contributed by atoms with Crippen molar-refractivity contribution in [3.8, 4) is 16.9 Å². The van der Waals surface area contributed by atoms with E-state index in [9.17, 15) is 14.0 Å². The third kappa shape index (κ3) is 4.26. The topological polar surface area (TPSA) is 45.4 Å². The van der Waals surface area contributed by atoms with Crippen molar-refractivity contribution in [3.05, 3.63) is 101 Å². The Balaban J connectivity index is 1.68. The molecule has 0 amide bonds. The number of ether oxygens (including phenoxy) is 2. The number of fused-ring (bicyclic) bond motifs is 1. The number of rotatable bonds is 5. The third-order valence-electron chi connectivity index (χ3n) is 6.13. The molecule has 1 fully saturated rings. The third-order valence-corrected chi connectivity index (χ3v) is 6.13. The standard InChI is InChI=1S/C27H23F2NO3/c28-23-10-9-20(15-24(23)29)26-21-7-4-8-25(33-17-18-5-2-1-3-6-18)22(21)16-30(31)27(26)19-11-13-32-14-12-19/h1-10,15-16,19H,11-14,17H2. The van der Waals surface area contributed by atoms with Gasteiger partial charge in [-0.2, -0.15) is 4.73 Å². The molecule has 0 spiro atoms. The van der Waals surface area contributed by atoms with Gasteiger partial charge in [0.2, 0.25) is 5.69 Å². The quantitative estimate of drug-likeness (QED) is 0.283. The molecule has 3 aromatic carbocycles. The van der Waals surface area contributed by atoms with Crippen LogP contribution in [0.1, 0.15) is 30.0 Å². The first-order chi connectivity index (χ1) is 16.1. The minimum Gasteiger partial charge on any atom is -0.618 e. The zero-order valence-corrected chi connectivity index (χ0v) is 18.0. The van der Waals surface area contributed by atoms with E-state index in [1.807, 2.05) is 48.5 Å². The Morgan fingerprint density at radius 2 is 1.70 bits per heavy atom. The second-order valence-corrected chi connectivity index (χ2v) is 8.22. The number of pyridine rings is 1. The first-order valence-corrected chi connectivity index (χ1v) is 11.0. The van der Waals surface area contributed by atoms with Gasteiger partial charge in [-0.05, 0) is 42.2 Å². The number of hydrogen-bond acceptors (Lipinski definition) is 3. The summed E-state index contributed by atoms with van der Waals surface area (Å²) in [6.45, 7) is 1.46. The van der Waals surface area contributed by atoms with E-state index in [1.54, 1.807) is 0 Å². The van der Waals surface area contributed by atoms with Gasteiger partial charge in [-0.3, -0.25) is 0 Å². The highest BCUT2D eigenvalue weighted by Crippen LogP contribution is 2.40. The van der Waals surface area contributed by atoms with Crippen molar-refractivity contribution in [1.29, 1.82) is 0 Å². The van der Waals surface area contributed by atoms with Crippen molar-refractivity contribution >= 4 is 10.8 Å². The van der Waals surface area contributed by atoms with Crippen LogP contribution in [0.5, 0.6) is 5.75 Å². The van der Waals surface area contributed by atoms with Gasteiger partial charge in [-0.1, -0.05) is 48.5 Å². The van der Waals surface area contributed by atoms with Crippen LogP contribution < -0.4 is 9.47 Å². The molecule has 1 aliphatic rings. The fourth-order valence-electron chi connectivity index (χ4n) is 4.50. The Morgan fingerprint density at radius 1 is 0.909 bits per heavy atom. The van der Waals surface area contributed by atoms with Gasteiger partial charge in [0.05, 0.1) is 16.9 Å². The molecule has 0 radical (unpaired) electrons. The van der Waals surface area contributed by atoms with Gasteiger partial charge >= 0.3 is 0 Å². The van der Waals surface area contributed by atoms with Gasteiger partial charge in [0.15, 0.2) is 17.8 Å². The van der Waals surface area contributed by atoms with E-state index < -0.39 is 11.6 Å². The lowest BCUT2D eigenvalue weighted by molar-refractivity contribution is -0.613. The average molecular weight is 447 g/mol. The molecule has 0 atom stereocenters. The molecule has 33 heavy (non-hydrogen) atoms. The molecule has 168 valence electrons. The Bertz CT molecular complexity index is 1290. The molecule has 1 aliphatic heterocycles. The summed E-state index contributed by atoms with van der Waals surface area (Å²) in [7, 11) is 0. The summed E-state index contributed by atoms with van der Waals surface area (Å²) in [6.07, 6.45) is 2.91. The highest BCUT2D eigenvalue weighted by molar-refractivity contribution is 5.99. The van der Waals surface area contributed by atoms with E-state index in [1.165, 1.54) is 12.3 Å². The monoisotopic (exact) mass is 447 g/mol. The number of nitrogens with zero attached hydrogens (tertiary/aromatic N) is 1. The molecule has 0 N–H and O–H groups in total. The molecule has 4 aromatic rings. The fraction of sp³-hybridized carbons (Fsp3) is 0.222. The molecule has 0 unspecified atom stereocenters. The minimum absolute atomic E-state index is 0.0438. The Morgan fingerprint density at radius 3 is 2.45 bits per heavy atom. The Kier molecular flexibility index (Phi) is 5.92. The average Bonchev–Trinajstić information content (AvgIpc) is 2.85. The van der Waals surface area contributed by atoms with Crippen molar-refractivity contribution in [1.82, 2.24) is 0 Å². The SMILES string of the molecule is [O-][n+]1cc2c(OCc3ccccc3)cccc2c(-c2ccc(F)c(F)c2)c1C1CCOCC1. The van der Waals surface area contributed by atoms with Crippen LogP contribution >= 0.6 is 0 Å². The van der Waals surface area contributed by atoms with E-state index >= 15 is 0 Å². The minimum atomic E-state index is -0.948. The van der Waals surface area contributed by atoms with Crippen LogP contribution in [0.15, 0.2) is 72.9 Å². The molecule has 5 rings (SSSR count). The molecule has 0 bridgehead atoms. The maximum Gasteiger partial charge on any atom is 0.204 e. The first kappa shape index (κ1) is 21.3. The van der Waals surface area contributed by atoms with Crippen LogP contribution in [-0.2, 0) is 11.3 Å². The number of benzene rings is 3. The molecule has 4 nitrogen and oxygen atoms in total. The molecule has 2 heterocycles. The van der Waals surface area contributed by atoms with Crippen molar-refractivity contribution < 1.29 is 23.0 Å². The van der Waals surface area contributed by atoms with Crippen LogP contribution in [-0.4, -0.2) is 13.2 Å². The highest BCUT2D eigenvalue weighted by Gasteiger charge is 2.30. The van der Waals surface area contributed by atoms with Gasteiger partial charge in [0.25, 0.3) is 0 Å². The largest absolute Gasteiger partial charge is 0.618 e. The predicted molar refractivity (Wildman–Crippen MR) is 122 cm³/mol. The molecular formula is C27H23F2NO3. The number of hydrogen-bond donors (Lipinski definition) is 0. The van der Waals surface area contributed by atoms with Crippen LogP contribution in [0.25, 0.3) is 21.9 Å². The van der Waals surface area contributed by atoms with Gasteiger partial charge < -0.3 is 14.7 Å². The van der Waals surface area contributed by atoms with Crippen molar-refractivity contribution in [2.75, 3.05) is 13.2 Å². The maximum atomic E-state index is 14.2. The zero-order chi connectivity index (χ0) is 22.8. The molecule has 0 saturated carbocycles. The van der Waals surface area contributed by atoms with Crippen LogP contribution in [0.2, 0.25) is 0 Å². The van der Waals surface area contributed by atoms with Crippen molar-refractivity contribution in [2.24, 2.45) is 0 Å². The molecular weight excluding hydrogens is 424 g/mol. The van der Waals surface area contributed by atoms with Crippen molar-refractivity contribution in [2.45, 2.75) is 25.4 Å². The van der Waals surface area contributed by atoms with Crippen LogP contribution in [0.4, 0.5) is 8.78 Å². The lowest BCUT2D eigenvalue weighted by atomic mass is 9.87. The number of halogens is 2. The Hall–Kier alpha value is -3.51. The summed E-state index contributed by atoms with van der Waals surface area (Å²) in [5, 5.41) is 14.7. The lowest BCUT2D eigenvalue weighted by Crippen LogP contribution is -2.36. The maximum absolute atomic E-state index is 14.2. The molecule has 1 saturated heterocycles. The highest BCUT2D eigenvalue weighted by atomic mass is 19.2. The summed E-state index contributed by atoms with van der Waals surface area (Å²) in [6, 6.07) is 19.1. The molecule has 6 heteroatoms. The van der Waals surface area contributed by atoms with Gasteiger partial charge in [0.1, 0.15) is 12.4 Å². The number of aromatic nitrogens is 1. The van der Waals surface area contributed by atoms with E-state index in [0.717, 1.165) is 27.8 Å². The van der Waals surface area contributed by atoms with E-state index in [-0.39, 0.29) is 5.92 Å². The second-order valence-electron chi connectivity index (χ2n) is 8.22. The molecule has 0 aliphatic carbocycles. The second kappa shape index (κ2) is 9.16. The Labute approximate surface area is 190 Å². The van der Waals surface area contributed by atoms with Crippen LogP contribution in [0, 0.1) is 16.8 Å². The summed E-state index contributed by atoms with van der Waals surface area (Å²) in [4.78, 5) is 0. The van der Waals surface area contributed by atoms with Crippen molar-refractivity contribution in [3.63, 3.8) is 0 Å². The van der Waals surface area contributed by atoms with Crippen LogP contribution in [0.3, 0.4) is 0 Å². The van der Waals surface area contributed by atoms with E-state index in [0.29, 0.717) is 60.6 Å². The predicted octanol–water partition coefficient (Wildman–Crippen LogP) is 5.89. The summed E-state index contributed by atoms with van der Waals surface area (Å²) >= 11 is 0. The normalized spacial score (nSPS) is 14.5. The van der Waals surface area contributed by atoms with Gasteiger partial charge in [-0.25, -0.2) is 8.78 Å². The summed E-state index contributed by atoms with van der Waals surface area (Å²) < 4.78 is 40.4. The summed E-state index contributed by atoms with van der Waals surface area (Å²) in [5.74, 6) is -1.36. The van der Waals surface area contributed by atoms with E-state index in [2.05, 4.69) is 0 Å². The zero-order valence-electron chi connectivity index (χ0n) is 18.0. The first-order valence-electron chi connectivity index (χ1n) is 11.0. The fourth-order valence-corrected chi connectivity index (χ4v) is 4.50.